The van der Waals surface area contributed by atoms with Crippen molar-refractivity contribution in [1.29, 1.82) is 0 Å². The molecule has 3 rings (SSSR count). The number of hydrogen-bond acceptors (Lipinski definition) is 4. The summed E-state index contributed by atoms with van der Waals surface area (Å²) in [7, 11) is 0. The predicted octanol–water partition coefficient (Wildman–Crippen LogP) is 4.10. The highest BCUT2D eigenvalue weighted by atomic mass is 16.6. The molecule has 1 unspecified atom stereocenters. The first-order valence-electron chi connectivity index (χ1n) is 8.91. The fourth-order valence-corrected chi connectivity index (χ4v) is 2.94. The predicted molar refractivity (Wildman–Crippen MR) is 101 cm³/mol. The van der Waals surface area contributed by atoms with Crippen molar-refractivity contribution in [2.75, 3.05) is 13.1 Å². The van der Waals surface area contributed by atoms with Crippen LogP contribution in [0.15, 0.2) is 59.8 Å². The molecule has 0 bridgehead atoms. The normalized spacial score (nSPS) is 18.1. The SMILES string of the molecule is CC(C)N1CCC(O/N=C/c2ccccc2OCc2ccccc2)C1. The summed E-state index contributed by atoms with van der Waals surface area (Å²) in [5, 5.41) is 4.20. The molecule has 1 aliphatic rings. The van der Waals surface area contributed by atoms with Crippen molar-refractivity contribution in [3.05, 3.63) is 65.7 Å². The average molecular weight is 338 g/mol. The van der Waals surface area contributed by atoms with Gasteiger partial charge in [-0.2, -0.15) is 0 Å². The molecule has 0 saturated carbocycles. The van der Waals surface area contributed by atoms with Gasteiger partial charge in [-0.3, -0.25) is 4.90 Å². The second kappa shape index (κ2) is 8.67. The molecule has 4 nitrogen and oxygen atoms in total. The van der Waals surface area contributed by atoms with E-state index >= 15 is 0 Å². The van der Waals surface area contributed by atoms with Gasteiger partial charge in [0.1, 0.15) is 18.5 Å². The quantitative estimate of drug-likeness (QED) is 0.563. The molecule has 2 aromatic carbocycles. The van der Waals surface area contributed by atoms with Crippen LogP contribution < -0.4 is 4.74 Å². The van der Waals surface area contributed by atoms with Gasteiger partial charge < -0.3 is 9.57 Å². The number of hydrogen-bond donors (Lipinski definition) is 0. The maximum absolute atomic E-state index is 5.94. The van der Waals surface area contributed by atoms with Gasteiger partial charge in [-0.15, -0.1) is 0 Å². The summed E-state index contributed by atoms with van der Waals surface area (Å²) in [5.41, 5.74) is 2.07. The van der Waals surface area contributed by atoms with Crippen LogP contribution in [-0.4, -0.2) is 36.3 Å². The van der Waals surface area contributed by atoms with E-state index in [0.29, 0.717) is 12.6 Å². The first kappa shape index (κ1) is 17.5. The summed E-state index contributed by atoms with van der Waals surface area (Å²) in [6.45, 7) is 6.99. The second-order valence-electron chi connectivity index (χ2n) is 6.65. The molecule has 0 amide bonds. The highest BCUT2D eigenvalue weighted by Gasteiger charge is 2.25. The maximum Gasteiger partial charge on any atom is 0.141 e. The number of oxime groups is 1. The first-order chi connectivity index (χ1) is 12.2. The molecule has 1 heterocycles. The van der Waals surface area contributed by atoms with E-state index in [2.05, 4.69) is 36.0 Å². The number of nitrogens with zero attached hydrogens (tertiary/aromatic N) is 2. The third kappa shape index (κ3) is 5.07. The molecule has 1 aliphatic heterocycles. The van der Waals surface area contributed by atoms with E-state index in [9.17, 15) is 0 Å². The first-order valence-corrected chi connectivity index (χ1v) is 8.91. The van der Waals surface area contributed by atoms with Crippen LogP contribution >= 0.6 is 0 Å². The third-order valence-electron chi connectivity index (χ3n) is 4.46. The van der Waals surface area contributed by atoms with Crippen LogP contribution in [0, 0.1) is 0 Å². The maximum atomic E-state index is 5.94. The molecule has 1 fully saturated rings. The van der Waals surface area contributed by atoms with Gasteiger partial charge in [-0.05, 0) is 31.5 Å². The molecule has 2 aromatic rings. The van der Waals surface area contributed by atoms with Crippen LogP contribution in [-0.2, 0) is 11.4 Å². The Morgan fingerprint density at radius 1 is 1.12 bits per heavy atom. The Kier molecular flexibility index (Phi) is 6.07. The molecule has 1 atom stereocenters. The molecule has 0 spiro atoms. The minimum Gasteiger partial charge on any atom is -0.488 e. The van der Waals surface area contributed by atoms with Crippen molar-refractivity contribution in [2.45, 2.75) is 39.0 Å². The number of ether oxygens (including phenoxy) is 1. The van der Waals surface area contributed by atoms with Crippen LogP contribution in [0.3, 0.4) is 0 Å². The highest BCUT2D eigenvalue weighted by Crippen LogP contribution is 2.19. The van der Waals surface area contributed by atoms with E-state index in [1.54, 1.807) is 6.21 Å². The van der Waals surface area contributed by atoms with Gasteiger partial charge in [0, 0.05) is 31.1 Å². The Morgan fingerprint density at radius 2 is 1.88 bits per heavy atom. The largest absolute Gasteiger partial charge is 0.488 e. The van der Waals surface area contributed by atoms with Crippen LogP contribution in [0.25, 0.3) is 0 Å². The molecule has 25 heavy (non-hydrogen) atoms. The van der Waals surface area contributed by atoms with Gasteiger partial charge in [-0.25, -0.2) is 0 Å². The summed E-state index contributed by atoms with van der Waals surface area (Å²) in [6, 6.07) is 18.6. The Morgan fingerprint density at radius 3 is 2.64 bits per heavy atom. The van der Waals surface area contributed by atoms with E-state index in [4.69, 9.17) is 9.57 Å². The fourth-order valence-electron chi connectivity index (χ4n) is 2.94. The molecule has 1 saturated heterocycles. The summed E-state index contributed by atoms with van der Waals surface area (Å²) >= 11 is 0. The van der Waals surface area contributed by atoms with E-state index in [1.165, 1.54) is 0 Å². The third-order valence-corrected chi connectivity index (χ3v) is 4.46. The molecule has 4 heteroatoms. The molecule has 132 valence electrons. The highest BCUT2D eigenvalue weighted by molar-refractivity contribution is 5.83. The van der Waals surface area contributed by atoms with Crippen molar-refractivity contribution < 1.29 is 9.57 Å². The summed E-state index contributed by atoms with van der Waals surface area (Å²) < 4.78 is 5.94. The molecule has 0 N–H and O–H groups in total. The number of para-hydroxylation sites is 1. The lowest BCUT2D eigenvalue weighted by Crippen LogP contribution is -2.29. The van der Waals surface area contributed by atoms with E-state index in [0.717, 1.165) is 36.4 Å². The molecule has 0 aliphatic carbocycles. The van der Waals surface area contributed by atoms with Gasteiger partial charge in [0.15, 0.2) is 0 Å². The van der Waals surface area contributed by atoms with Crippen molar-refractivity contribution in [3.8, 4) is 5.75 Å². The monoisotopic (exact) mass is 338 g/mol. The van der Waals surface area contributed by atoms with E-state index < -0.39 is 0 Å². The summed E-state index contributed by atoms with van der Waals surface area (Å²) in [4.78, 5) is 8.09. The zero-order valence-corrected chi connectivity index (χ0v) is 15.0. The van der Waals surface area contributed by atoms with Crippen LogP contribution in [0.1, 0.15) is 31.4 Å². The Hall–Kier alpha value is -2.33. The van der Waals surface area contributed by atoms with Gasteiger partial charge in [0.25, 0.3) is 0 Å². The lowest BCUT2D eigenvalue weighted by atomic mass is 10.2. The van der Waals surface area contributed by atoms with E-state index in [1.807, 2.05) is 42.5 Å². The zero-order valence-electron chi connectivity index (χ0n) is 15.0. The van der Waals surface area contributed by atoms with Gasteiger partial charge in [0.05, 0.1) is 6.21 Å². The van der Waals surface area contributed by atoms with Gasteiger partial charge in [0.2, 0.25) is 0 Å². The van der Waals surface area contributed by atoms with Crippen LogP contribution in [0.2, 0.25) is 0 Å². The van der Waals surface area contributed by atoms with Crippen LogP contribution in [0.4, 0.5) is 0 Å². The summed E-state index contributed by atoms with van der Waals surface area (Å²) in [5.74, 6) is 0.814. The second-order valence-corrected chi connectivity index (χ2v) is 6.65. The van der Waals surface area contributed by atoms with Crippen molar-refractivity contribution in [1.82, 2.24) is 4.90 Å². The lowest BCUT2D eigenvalue weighted by molar-refractivity contribution is 0.0634. The minimum absolute atomic E-state index is 0.177. The lowest BCUT2D eigenvalue weighted by Gasteiger charge is -2.19. The molecule has 0 radical (unpaired) electrons. The Bertz CT molecular complexity index is 685. The number of likely N-dealkylation sites (tertiary alicyclic amines) is 1. The molecular weight excluding hydrogens is 312 g/mol. The molecular formula is C21H26N2O2. The van der Waals surface area contributed by atoms with Crippen molar-refractivity contribution in [3.63, 3.8) is 0 Å². The topological polar surface area (TPSA) is 34.1 Å². The zero-order chi connectivity index (χ0) is 17.5. The van der Waals surface area contributed by atoms with E-state index in [-0.39, 0.29) is 6.10 Å². The van der Waals surface area contributed by atoms with Crippen LogP contribution in [0.5, 0.6) is 5.75 Å². The number of benzene rings is 2. The Labute approximate surface area is 150 Å². The average Bonchev–Trinajstić information content (AvgIpc) is 3.11. The number of rotatable bonds is 7. The minimum atomic E-state index is 0.177. The Balaban J connectivity index is 1.55. The standard InChI is InChI=1S/C21H26N2O2/c1-17(2)23-13-12-20(15-23)25-22-14-19-10-6-7-11-21(19)24-16-18-8-4-3-5-9-18/h3-11,14,17,20H,12-13,15-16H2,1-2H3/b22-14+. The van der Waals surface area contributed by atoms with Gasteiger partial charge >= 0.3 is 0 Å². The molecule has 0 aromatic heterocycles. The summed E-state index contributed by atoms with van der Waals surface area (Å²) in [6.07, 6.45) is 2.95. The smallest absolute Gasteiger partial charge is 0.141 e. The van der Waals surface area contributed by atoms with Crippen molar-refractivity contribution in [2.24, 2.45) is 5.16 Å². The van der Waals surface area contributed by atoms with Gasteiger partial charge in [-0.1, -0.05) is 47.6 Å². The van der Waals surface area contributed by atoms with Crippen molar-refractivity contribution >= 4 is 6.21 Å². The fraction of sp³-hybridized carbons (Fsp3) is 0.381.